The second-order valence-corrected chi connectivity index (χ2v) is 8.09. The Balaban J connectivity index is 1.77. The van der Waals surface area contributed by atoms with Crippen molar-refractivity contribution >= 4 is 16.8 Å². The second-order valence-electron chi connectivity index (χ2n) is 8.09. The summed E-state index contributed by atoms with van der Waals surface area (Å²) in [5.41, 5.74) is -0.580. The first-order chi connectivity index (χ1) is 15.4. The number of benzene rings is 2. The van der Waals surface area contributed by atoms with Crippen molar-refractivity contribution in [2.45, 2.75) is 44.4 Å². The minimum absolute atomic E-state index is 0.115. The number of carbonyl (C=O) groups excluding carboxylic acids is 1. The van der Waals surface area contributed by atoms with Crippen LogP contribution < -0.4 is 15.5 Å². The van der Waals surface area contributed by atoms with Crippen LogP contribution in [-0.2, 0) is 6.54 Å². The number of aliphatic hydroxyl groups excluding tert-OH is 1. The summed E-state index contributed by atoms with van der Waals surface area (Å²) < 4.78 is 35.9. The lowest BCUT2D eigenvalue weighted by Gasteiger charge is -2.26. The molecule has 0 aliphatic heterocycles. The molecule has 32 heavy (non-hydrogen) atoms. The highest BCUT2D eigenvalue weighted by molar-refractivity contribution is 5.97. The quantitative estimate of drug-likeness (QED) is 0.635. The van der Waals surface area contributed by atoms with E-state index in [1.807, 2.05) is 0 Å². The van der Waals surface area contributed by atoms with Crippen LogP contribution in [0.15, 0.2) is 47.4 Å². The zero-order chi connectivity index (χ0) is 22.8. The van der Waals surface area contributed by atoms with Crippen LogP contribution in [0.5, 0.6) is 5.75 Å². The Hall–Kier alpha value is -3.26. The molecule has 2 atom stereocenters. The van der Waals surface area contributed by atoms with Crippen LogP contribution in [-0.4, -0.2) is 34.8 Å². The zero-order valence-electron chi connectivity index (χ0n) is 17.6. The van der Waals surface area contributed by atoms with E-state index < -0.39 is 34.5 Å². The minimum atomic E-state index is -0.891. The molecular weight excluding hydrogens is 418 g/mol. The molecule has 1 aliphatic carbocycles. The van der Waals surface area contributed by atoms with Crippen molar-refractivity contribution < 1.29 is 23.4 Å². The number of halogens is 2. The third-order valence-electron chi connectivity index (χ3n) is 5.86. The predicted molar refractivity (Wildman–Crippen MR) is 116 cm³/mol. The van der Waals surface area contributed by atoms with E-state index in [9.17, 15) is 23.5 Å². The fraction of sp³-hybridized carbons (Fsp3) is 0.333. The molecule has 2 unspecified atom stereocenters. The van der Waals surface area contributed by atoms with Gasteiger partial charge in [-0.25, -0.2) is 8.78 Å². The van der Waals surface area contributed by atoms with E-state index in [1.54, 1.807) is 31.4 Å². The summed E-state index contributed by atoms with van der Waals surface area (Å²) in [4.78, 5) is 25.9. The third-order valence-corrected chi connectivity index (χ3v) is 5.86. The number of fused-ring (bicyclic) bond motifs is 1. The van der Waals surface area contributed by atoms with E-state index in [1.165, 1.54) is 10.8 Å². The fourth-order valence-corrected chi connectivity index (χ4v) is 4.22. The molecule has 2 N–H and O–H groups in total. The number of amides is 1. The molecule has 8 heteroatoms. The van der Waals surface area contributed by atoms with E-state index >= 15 is 0 Å². The SMILES string of the molecule is COc1ccc(Cn2cc(C(=O)NC3CCCC(O)C3)c(=O)c3c(F)ccc(F)c32)cc1. The fourth-order valence-electron chi connectivity index (χ4n) is 4.22. The van der Waals surface area contributed by atoms with E-state index in [0.717, 1.165) is 24.1 Å². The number of ether oxygens (including phenoxy) is 1. The summed E-state index contributed by atoms with van der Waals surface area (Å²) in [7, 11) is 1.54. The van der Waals surface area contributed by atoms with Gasteiger partial charge in [-0.3, -0.25) is 9.59 Å². The Morgan fingerprint density at radius 1 is 1.16 bits per heavy atom. The van der Waals surface area contributed by atoms with Crippen LogP contribution in [0.1, 0.15) is 41.6 Å². The summed E-state index contributed by atoms with van der Waals surface area (Å²) in [5.74, 6) is -1.67. The van der Waals surface area contributed by atoms with E-state index in [4.69, 9.17) is 4.74 Å². The summed E-state index contributed by atoms with van der Waals surface area (Å²) in [6.45, 7) is 0.115. The molecule has 2 aromatic carbocycles. The Kier molecular flexibility index (Phi) is 6.23. The van der Waals surface area contributed by atoms with E-state index in [0.29, 0.717) is 25.0 Å². The molecule has 1 amide bonds. The molecule has 3 aromatic rings. The lowest BCUT2D eigenvalue weighted by molar-refractivity contribution is 0.0848. The summed E-state index contributed by atoms with van der Waals surface area (Å²) >= 11 is 0. The van der Waals surface area contributed by atoms with Gasteiger partial charge in [-0.1, -0.05) is 12.1 Å². The second kappa shape index (κ2) is 9.08. The van der Waals surface area contributed by atoms with Gasteiger partial charge in [0.05, 0.1) is 24.1 Å². The van der Waals surface area contributed by atoms with Crippen LogP contribution >= 0.6 is 0 Å². The average molecular weight is 442 g/mol. The Morgan fingerprint density at radius 3 is 2.56 bits per heavy atom. The molecule has 1 aliphatic rings. The number of aromatic nitrogens is 1. The van der Waals surface area contributed by atoms with Gasteiger partial charge in [0.25, 0.3) is 5.91 Å². The summed E-state index contributed by atoms with van der Waals surface area (Å²) in [6.07, 6.45) is 3.25. The Labute approximate surface area is 183 Å². The highest BCUT2D eigenvalue weighted by atomic mass is 19.1. The van der Waals surface area contributed by atoms with Crippen molar-refractivity contribution in [3.05, 3.63) is 75.6 Å². The lowest BCUT2D eigenvalue weighted by Crippen LogP contribution is -2.41. The van der Waals surface area contributed by atoms with Gasteiger partial charge in [0, 0.05) is 18.8 Å². The van der Waals surface area contributed by atoms with Gasteiger partial charge in [0.15, 0.2) is 0 Å². The Bertz CT molecular complexity index is 1210. The molecular formula is C24H24F2N2O4. The van der Waals surface area contributed by atoms with Crippen LogP contribution in [0.2, 0.25) is 0 Å². The number of methoxy groups -OCH3 is 1. The molecule has 0 saturated heterocycles. The number of pyridine rings is 1. The summed E-state index contributed by atoms with van der Waals surface area (Å²) in [6, 6.07) is 8.57. The minimum Gasteiger partial charge on any atom is -0.497 e. The van der Waals surface area contributed by atoms with E-state index in [-0.39, 0.29) is 23.7 Å². The standard InChI is InChI=1S/C24H24F2N2O4/c1-32-17-7-5-14(6-8-17)12-28-13-18(24(31)27-15-3-2-4-16(29)11-15)23(30)21-19(25)9-10-20(26)22(21)28/h5-10,13,15-16,29H,2-4,11-12H2,1H3,(H,27,31). The normalized spacial score (nSPS) is 18.5. The summed E-state index contributed by atoms with van der Waals surface area (Å²) in [5, 5.41) is 12.2. The third kappa shape index (κ3) is 4.36. The number of aliphatic hydroxyl groups is 1. The van der Waals surface area contributed by atoms with Gasteiger partial charge in [-0.15, -0.1) is 0 Å². The average Bonchev–Trinajstić information content (AvgIpc) is 2.78. The monoisotopic (exact) mass is 442 g/mol. The molecule has 0 bridgehead atoms. The van der Waals surface area contributed by atoms with Crippen molar-refractivity contribution in [1.82, 2.24) is 9.88 Å². The number of rotatable bonds is 5. The smallest absolute Gasteiger partial charge is 0.256 e. The topological polar surface area (TPSA) is 80.6 Å². The molecule has 4 rings (SSSR count). The predicted octanol–water partition coefficient (Wildman–Crippen LogP) is 3.37. The maximum Gasteiger partial charge on any atom is 0.256 e. The maximum atomic E-state index is 14.7. The zero-order valence-corrected chi connectivity index (χ0v) is 17.6. The number of carbonyl (C=O) groups is 1. The molecule has 168 valence electrons. The van der Waals surface area contributed by atoms with Crippen LogP contribution in [0.3, 0.4) is 0 Å². The Morgan fingerprint density at radius 2 is 1.88 bits per heavy atom. The van der Waals surface area contributed by atoms with Crippen LogP contribution in [0.25, 0.3) is 10.9 Å². The first kappa shape index (κ1) is 22.0. The first-order valence-electron chi connectivity index (χ1n) is 10.5. The van der Waals surface area contributed by atoms with Crippen molar-refractivity contribution in [1.29, 1.82) is 0 Å². The molecule has 1 aromatic heterocycles. The lowest BCUT2D eigenvalue weighted by atomic mass is 9.93. The van der Waals surface area contributed by atoms with Gasteiger partial charge in [0.2, 0.25) is 5.43 Å². The van der Waals surface area contributed by atoms with Crippen molar-refractivity contribution in [2.24, 2.45) is 0 Å². The molecule has 0 radical (unpaired) electrons. The number of nitrogens with one attached hydrogen (secondary N) is 1. The van der Waals surface area contributed by atoms with Crippen LogP contribution in [0.4, 0.5) is 8.78 Å². The molecule has 1 fully saturated rings. The van der Waals surface area contributed by atoms with Crippen molar-refractivity contribution in [2.75, 3.05) is 7.11 Å². The van der Waals surface area contributed by atoms with Gasteiger partial charge >= 0.3 is 0 Å². The van der Waals surface area contributed by atoms with E-state index in [2.05, 4.69) is 5.32 Å². The first-order valence-corrected chi connectivity index (χ1v) is 10.5. The molecule has 6 nitrogen and oxygen atoms in total. The molecule has 1 heterocycles. The highest BCUT2D eigenvalue weighted by Crippen LogP contribution is 2.22. The van der Waals surface area contributed by atoms with Gasteiger partial charge < -0.3 is 19.7 Å². The molecule has 0 spiro atoms. The van der Waals surface area contributed by atoms with Crippen molar-refractivity contribution in [3.8, 4) is 5.75 Å². The number of nitrogens with zero attached hydrogens (tertiary/aromatic N) is 1. The maximum absolute atomic E-state index is 14.7. The largest absolute Gasteiger partial charge is 0.497 e. The van der Waals surface area contributed by atoms with Gasteiger partial charge in [0.1, 0.15) is 22.9 Å². The van der Waals surface area contributed by atoms with Gasteiger partial charge in [-0.05, 0) is 55.5 Å². The van der Waals surface area contributed by atoms with Crippen molar-refractivity contribution in [3.63, 3.8) is 0 Å². The number of hydrogen-bond donors (Lipinski definition) is 2. The highest BCUT2D eigenvalue weighted by Gasteiger charge is 2.25. The van der Waals surface area contributed by atoms with Crippen LogP contribution in [0, 0.1) is 11.6 Å². The number of hydrogen-bond acceptors (Lipinski definition) is 4. The van der Waals surface area contributed by atoms with Gasteiger partial charge in [-0.2, -0.15) is 0 Å². The molecule has 1 saturated carbocycles.